The highest BCUT2D eigenvalue weighted by Crippen LogP contribution is 2.26. The molecule has 1 saturated heterocycles. The van der Waals surface area contributed by atoms with E-state index < -0.39 is 0 Å². The summed E-state index contributed by atoms with van der Waals surface area (Å²) in [4.78, 5) is 14.6. The van der Waals surface area contributed by atoms with Gasteiger partial charge in [-0.1, -0.05) is 29.8 Å². The number of methoxy groups -OCH3 is 1. The summed E-state index contributed by atoms with van der Waals surface area (Å²) in [5.41, 5.74) is 1.97. The Morgan fingerprint density at radius 3 is 2.76 bits per heavy atom. The van der Waals surface area contributed by atoms with E-state index in [1.54, 1.807) is 19.2 Å². The molecule has 0 bridgehead atoms. The number of hydrogen-bond donors (Lipinski definition) is 1. The summed E-state index contributed by atoms with van der Waals surface area (Å²) in [6.45, 7) is 1.36. The molecule has 5 heteroatoms. The Labute approximate surface area is 153 Å². The minimum Gasteiger partial charge on any atom is -0.496 e. The van der Waals surface area contributed by atoms with Crippen LogP contribution in [0.2, 0.25) is 5.02 Å². The summed E-state index contributed by atoms with van der Waals surface area (Å²) in [6.07, 6.45) is 3.12. The lowest BCUT2D eigenvalue weighted by molar-refractivity contribution is -0.117. The maximum atomic E-state index is 12.4. The van der Waals surface area contributed by atoms with Crippen LogP contribution in [0, 0.1) is 0 Å². The number of amides is 1. The average Bonchev–Trinajstić information content (AvgIpc) is 3.04. The van der Waals surface area contributed by atoms with Gasteiger partial charge in [-0.05, 0) is 61.7 Å². The van der Waals surface area contributed by atoms with Crippen molar-refractivity contribution in [2.45, 2.75) is 25.3 Å². The zero-order valence-electron chi connectivity index (χ0n) is 14.4. The minimum atomic E-state index is 0.00856. The lowest BCUT2D eigenvalue weighted by Crippen LogP contribution is -2.37. The molecule has 3 rings (SSSR count). The van der Waals surface area contributed by atoms with Gasteiger partial charge in [0, 0.05) is 16.8 Å². The monoisotopic (exact) mass is 358 g/mol. The Morgan fingerprint density at radius 1 is 1.24 bits per heavy atom. The van der Waals surface area contributed by atoms with Gasteiger partial charge in [0.25, 0.3) is 0 Å². The van der Waals surface area contributed by atoms with Crippen molar-refractivity contribution in [1.29, 1.82) is 0 Å². The van der Waals surface area contributed by atoms with Gasteiger partial charge in [-0.2, -0.15) is 0 Å². The number of hydrogen-bond acceptors (Lipinski definition) is 3. The average molecular weight is 359 g/mol. The Balaban J connectivity index is 1.59. The lowest BCUT2D eigenvalue weighted by Gasteiger charge is -2.24. The maximum Gasteiger partial charge on any atom is 0.238 e. The predicted molar refractivity (Wildman–Crippen MR) is 101 cm³/mol. The van der Waals surface area contributed by atoms with Gasteiger partial charge in [-0.25, -0.2) is 0 Å². The van der Waals surface area contributed by atoms with Crippen LogP contribution in [-0.4, -0.2) is 37.0 Å². The fourth-order valence-corrected chi connectivity index (χ4v) is 3.50. The van der Waals surface area contributed by atoms with E-state index in [4.69, 9.17) is 16.3 Å². The second kappa shape index (κ2) is 8.37. The summed E-state index contributed by atoms with van der Waals surface area (Å²) in [5.74, 6) is 0.925. The van der Waals surface area contributed by atoms with E-state index in [0.717, 1.165) is 37.2 Å². The number of ether oxygens (including phenoxy) is 1. The first-order chi connectivity index (χ1) is 12.2. The van der Waals surface area contributed by atoms with Gasteiger partial charge in [-0.3, -0.25) is 9.69 Å². The molecule has 0 saturated carbocycles. The molecular weight excluding hydrogens is 336 g/mol. The summed E-state index contributed by atoms with van der Waals surface area (Å²) < 4.78 is 5.45. The number of nitrogens with one attached hydrogen (secondary N) is 1. The number of rotatable bonds is 6. The van der Waals surface area contributed by atoms with Crippen LogP contribution in [0.3, 0.4) is 0 Å². The topological polar surface area (TPSA) is 41.6 Å². The summed E-state index contributed by atoms with van der Waals surface area (Å²) >= 11 is 5.88. The van der Waals surface area contributed by atoms with Gasteiger partial charge in [0.15, 0.2) is 0 Å². The van der Waals surface area contributed by atoms with Crippen LogP contribution in [0.25, 0.3) is 0 Å². The summed E-state index contributed by atoms with van der Waals surface area (Å²) in [5, 5.41) is 3.60. The predicted octanol–water partition coefficient (Wildman–Crippen LogP) is 3.99. The number of anilines is 1. The molecule has 0 radical (unpaired) electrons. The lowest BCUT2D eigenvalue weighted by atomic mass is 10.0. The molecule has 2 aromatic rings. The molecule has 1 fully saturated rings. The number of likely N-dealkylation sites (tertiary alicyclic amines) is 1. The molecule has 1 aliphatic heterocycles. The van der Waals surface area contributed by atoms with Gasteiger partial charge in [0.2, 0.25) is 5.91 Å². The molecule has 1 amide bonds. The van der Waals surface area contributed by atoms with Crippen LogP contribution < -0.4 is 10.1 Å². The molecule has 1 aliphatic rings. The van der Waals surface area contributed by atoms with E-state index >= 15 is 0 Å². The second-order valence-electron chi connectivity index (χ2n) is 6.34. The molecule has 25 heavy (non-hydrogen) atoms. The van der Waals surface area contributed by atoms with E-state index in [2.05, 4.69) is 16.3 Å². The van der Waals surface area contributed by atoms with Crippen molar-refractivity contribution < 1.29 is 9.53 Å². The van der Waals surface area contributed by atoms with Gasteiger partial charge in [0.05, 0.1) is 13.7 Å². The van der Waals surface area contributed by atoms with E-state index in [9.17, 15) is 4.79 Å². The van der Waals surface area contributed by atoms with E-state index in [-0.39, 0.29) is 5.91 Å². The Bertz CT molecular complexity index is 718. The number of para-hydroxylation sites is 1. The van der Waals surface area contributed by atoms with Gasteiger partial charge >= 0.3 is 0 Å². The van der Waals surface area contributed by atoms with Crippen molar-refractivity contribution in [2.75, 3.05) is 25.5 Å². The number of halogens is 1. The zero-order valence-corrected chi connectivity index (χ0v) is 15.1. The van der Waals surface area contributed by atoms with Crippen LogP contribution in [0.5, 0.6) is 5.75 Å². The maximum absolute atomic E-state index is 12.4. The van der Waals surface area contributed by atoms with Gasteiger partial charge in [0.1, 0.15) is 5.75 Å². The Morgan fingerprint density at radius 2 is 2.00 bits per heavy atom. The SMILES string of the molecule is COc1ccccc1C[C@H]1CCCN1CC(=O)Nc1ccc(Cl)cc1. The number of benzene rings is 2. The van der Waals surface area contributed by atoms with Crippen LogP contribution in [0.4, 0.5) is 5.69 Å². The third-order valence-electron chi connectivity index (χ3n) is 4.62. The van der Waals surface area contributed by atoms with Crippen LogP contribution in [-0.2, 0) is 11.2 Å². The molecule has 1 heterocycles. The van der Waals surface area contributed by atoms with Crippen LogP contribution in [0.15, 0.2) is 48.5 Å². The van der Waals surface area contributed by atoms with Crippen molar-refractivity contribution in [3.8, 4) is 5.75 Å². The quantitative estimate of drug-likeness (QED) is 0.848. The molecule has 0 unspecified atom stereocenters. The summed E-state index contributed by atoms with van der Waals surface area (Å²) in [6, 6.07) is 15.7. The third kappa shape index (κ3) is 4.74. The van der Waals surface area contributed by atoms with Crippen molar-refractivity contribution in [2.24, 2.45) is 0 Å². The van der Waals surface area contributed by atoms with Crippen LogP contribution in [0.1, 0.15) is 18.4 Å². The molecule has 0 aliphatic carbocycles. The smallest absolute Gasteiger partial charge is 0.238 e. The highest BCUT2D eigenvalue weighted by atomic mass is 35.5. The number of carbonyl (C=O) groups is 1. The highest BCUT2D eigenvalue weighted by Gasteiger charge is 2.27. The molecule has 4 nitrogen and oxygen atoms in total. The Hall–Kier alpha value is -2.04. The molecule has 1 N–H and O–H groups in total. The molecule has 0 spiro atoms. The largest absolute Gasteiger partial charge is 0.496 e. The van der Waals surface area contributed by atoms with E-state index in [1.807, 2.05) is 30.3 Å². The molecule has 132 valence electrons. The number of nitrogens with zero attached hydrogens (tertiary/aromatic N) is 1. The molecule has 1 atom stereocenters. The Kier molecular flexibility index (Phi) is 5.95. The minimum absolute atomic E-state index is 0.00856. The normalized spacial score (nSPS) is 17.4. The first-order valence-electron chi connectivity index (χ1n) is 8.57. The second-order valence-corrected chi connectivity index (χ2v) is 6.77. The van der Waals surface area contributed by atoms with E-state index in [1.165, 1.54) is 5.56 Å². The third-order valence-corrected chi connectivity index (χ3v) is 4.87. The fraction of sp³-hybridized carbons (Fsp3) is 0.350. The zero-order chi connectivity index (χ0) is 17.6. The first-order valence-corrected chi connectivity index (χ1v) is 8.95. The summed E-state index contributed by atoms with van der Waals surface area (Å²) in [7, 11) is 1.70. The number of carbonyl (C=O) groups excluding carboxylic acids is 1. The van der Waals surface area contributed by atoms with Crippen molar-refractivity contribution >= 4 is 23.2 Å². The molecular formula is C20H23ClN2O2. The van der Waals surface area contributed by atoms with Crippen LogP contribution >= 0.6 is 11.6 Å². The van der Waals surface area contributed by atoms with Crippen molar-refractivity contribution in [3.63, 3.8) is 0 Å². The standard InChI is InChI=1S/C20H23ClN2O2/c1-25-19-7-3-2-5-15(19)13-18-6-4-12-23(18)14-20(24)22-17-10-8-16(21)9-11-17/h2-3,5,7-11,18H,4,6,12-14H2,1H3,(H,22,24)/t18-/m1/s1. The van der Waals surface area contributed by atoms with Crippen molar-refractivity contribution in [1.82, 2.24) is 4.90 Å². The van der Waals surface area contributed by atoms with E-state index in [0.29, 0.717) is 17.6 Å². The molecule has 0 aromatic heterocycles. The fourth-order valence-electron chi connectivity index (χ4n) is 3.38. The molecule has 2 aromatic carbocycles. The van der Waals surface area contributed by atoms with Crippen molar-refractivity contribution in [3.05, 3.63) is 59.1 Å². The first kappa shape index (κ1) is 17.8. The van der Waals surface area contributed by atoms with Gasteiger partial charge < -0.3 is 10.1 Å². The van der Waals surface area contributed by atoms with Gasteiger partial charge in [-0.15, -0.1) is 0 Å². The highest BCUT2D eigenvalue weighted by molar-refractivity contribution is 6.30.